The van der Waals surface area contributed by atoms with E-state index in [1.807, 2.05) is 53.1 Å². The number of carbonyl (C=O) groups is 1. The smallest absolute Gasteiger partial charge is 0.260 e. The van der Waals surface area contributed by atoms with Gasteiger partial charge in [-0.05, 0) is 78.2 Å². The second-order valence-electron chi connectivity index (χ2n) is 8.04. The van der Waals surface area contributed by atoms with Crippen molar-refractivity contribution in [2.75, 3.05) is 59.0 Å². The number of fused-ring (bicyclic) bond motifs is 1. The van der Waals surface area contributed by atoms with Crippen molar-refractivity contribution in [2.24, 2.45) is 0 Å². The molecule has 0 spiro atoms. The van der Waals surface area contributed by atoms with E-state index in [-0.39, 0.29) is 18.3 Å². The highest BCUT2D eigenvalue weighted by molar-refractivity contribution is 7.22. The number of anilines is 1. The van der Waals surface area contributed by atoms with Gasteiger partial charge in [-0.3, -0.25) is 9.69 Å². The summed E-state index contributed by atoms with van der Waals surface area (Å²) in [6, 6.07) is 9.19. The van der Waals surface area contributed by atoms with Crippen LogP contribution >= 0.6 is 23.7 Å². The molecule has 0 radical (unpaired) electrons. The van der Waals surface area contributed by atoms with Gasteiger partial charge in [0.15, 0.2) is 16.6 Å². The van der Waals surface area contributed by atoms with Crippen molar-refractivity contribution in [3.63, 3.8) is 0 Å². The fourth-order valence-electron chi connectivity index (χ4n) is 3.63. The Labute approximate surface area is 223 Å². The van der Waals surface area contributed by atoms with Gasteiger partial charge in [-0.25, -0.2) is 4.98 Å². The lowest BCUT2D eigenvalue weighted by molar-refractivity contribution is 0.0985. The number of halogens is 1. The van der Waals surface area contributed by atoms with Gasteiger partial charge in [-0.2, -0.15) is 0 Å². The summed E-state index contributed by atoms with van der Waals surface area (Å²) < 4.78 is 23.8. The first kappa shape index (κ1) is 29.5. The molecule has 36 heavy (non-hydrogen) atoms. The third kappa shape index (κ3) is 7.15. The zero-order valence-corrected chi connectivity index (χ0v) is 23.5. The Morgan fingerprint density at radius 1 is 0.944 bits per heavy atom. The number of thiazole rings is 1. The van der Waals surface area contributed by atoms with E-state index >= 15 is 0 Å². The maximum atomic E-state index is 13.9. The first-order valence-corrected chi connectivity index (χ1v) is 12.7. The Bertz CT molecular complexity index is 1110. The van der Waals surface area contributed by atoms with Crippen molar-refractivity contribution in [3.8, 4) is 23.0 Å². The van der Waals surface area contributed by atoms with E-state index in [9.17, 15) is 4.79 Å². The van der Waals surface area contributed by atoms with Crippen molar-refractivity contribution in [1.82, 2.24) is 9.88 Å². The largest absolute Gasteiger partial charge is 0.497 e. The van der Waals surface area contributed by atoms with Crippen LogP contribution in [0.3, 0.4) is 0 Å². The molecule has 0 unspecified atom stereocenters. The number of ether oxygens (including phenoxy) is 4. The molecule has 0 aliphatic carbocycles. The lowest BCUT2D eigenvalue weighted by Crippen LogP contribution is -2.33. The fourth-order valence-corrected chi connectivity index (χ4v) is 4.65. The minimum absolute atomic E-state index is 0. The van der Waals surface area contributed by atoms with Gasteiger partial charge in [-0.1, -0.05) is 11.3 Å². The first-order chi connectivity index (χ1) is 16.9. The number of carbonyl (C=O) groups excluding carboxylic acids is 1. The molecular weight excluding hydrogens is 502 g/mol. The molecule has 0 saturated carbocycles. The number of hydrogen-bond acceptors (Lipinski definition) is 8. The van der Waals surface area contributed by atoms with Crippen LogP contribution in [0.25, 0.3) is 10.2 Å². The van der Waals surface area contributed by atoms with Crippen molar-refractivity contribution < 1.29 is 23.7 Å². The lowest BCUT2D eigenvalue weighted by Gasteiger charge is -2.22. The Morgan fingerprint density at radius 3 is 2.14 bits per heavy atom. The average Bonchev–Trinajstić information content (AvgIpc) is 3.26. The summed E-state index contributed by atoms with van der Waals surface area (Å²) >= 11 is 1.47. The van der Waals surface area contributed by atoms with Gasteiger partial charge < -0.3 is 23.8 Å². The zero-order chi connectivity index (χ0) is 25.4. The number of aromatic nitrogens is 1. The summed E-state index contributed by atoms with van der Waals surface area (Å²) in [4.78, 5) is 22.5. The van der Waals surface area contributed by atoms with Gasteiger partial charge in [-0.15, -0.1) is 12.4 Å². The average molecular weight is 538 g/mol. The van der Waals surface area contributed by atoms with Gasteiger partial charge in [0.1, 0.15) is 5.75 Å². The molecule has 0 atom stereocenters. The highest BCUT2D eigenvalue weighted by Gasteiger charge is 2.25. The highest BCUT2D eigenvalue weighted by atomic mass is 35.5. The summed E-state index contributed by atoms with van der Waals surface area (Å²) in [5.74, 6) is 2.09. The molecule has 1 aromatic heterocycles. The van der Waals surface area contributed by atoms with E-state index in [0.29, 0.717) is 54.3 Å². The number of hydrogen-bond donors (Lipinski definition) is 0. The molecule has 3 rings (SSSR count). The van der Waals surface area contributed by atoms with Gasteiger partial charge in [0, 0.05) is 12.1 Å². The van der Waals surface area contributed by atoms with Gasteiger partial charge in [0.2, 0.25) is 5.75 Å². The third-order valence-electron chi connectivity index (χ3n) is 5.20. The summed E-state index contributed by atoms with van der Waals surface area (Å²) in [6.45, 7) is 8.40. The predicted octanol–water partition coefficient (Wildman–Crippen LogP) is 5.52. The summed E-state index contributed by atoms with van der Waals surface area (Å²) in [5.41, 5.74) is 1.29. The van der Waals surface area contributed by atoms with Crippen molar-refractivity contribution in [3.05, 3.63) is 35.9 Å². The van der Waals surface area contributed by atoms with Crippen LogP contribution in [0.1, 0.15) is 37.6 Å². The van der Waals surface area contributed by atoms with Crippen LogP contribution < -0.4 is 23.8 Å². The van der Waals surface area contributed by atoms with E-state index < -0.39 is 0 Å². The zero-order valence-electron chi connectivity index (χ0n) is 21.8. The Balaban J connectivity index is 0.00000456. The number of nitrogens with zero attached hydrogens (tertiary/aromatic N) is 3. The fraction of sp³-hybridized carbons (Fsp3) is 0.462. The molecule has 0 saturated heterocycles. The molecule has 198 valence electrons. The first-order valence-electron chi connectivity index (χ1n) is 11.9. The van der Waals surface area contributed by atoms with Gasteiger partial charge in [0.25, 0.3) is 5.91 Å². The molecule has 1 heterocycles. The molecule has 1 amide bonds. The third-order valence-corrected chi connectivity index (χ3v) is 6.24. The number of benzene rings is 2. The number of methoxy groups -OCH3 is 1. The molecule has 0 aliphatic rings. The second-order valence-corrected chi connectivity index (χ2v) is 9.05. The molecule has 2 aromatic carbocycles. The van der Waals surface area contributed by atoms with Crippen LogP contribution in [-0.4, -0.2) is 69.9 Å². The second kappa shape index (κ2) is 14.1. The monoisotopic (exact) mass is 537 g/mol. The Hall–Kier alpha value is -2.75. The van der Waals surface area contributed by atoms with Crippen molar-refractivity contribution in [2.45, 2.75) is 27.2 Å². The van der Waals surface area contributed by atoms with E-state index in [1.165, 1.54) is 11.3 Å². The quantitative estimate of drug-likeness (QED) is 0.284. The summed E-state index contributed by atoms with van der Waals surface area (Å²) in [6.07, 6.45) is 0.797. The lowest BCUT2D eigenvalue weighted by atomic mass is 10.1. The topological polar surface area (TPSA) is 73.4 Å². The van der Waals surface area contributed by atoms with Crippen LogP contribution in [0.15, 0.2) is 30.3 Å². The predicted molar refractivity (Wildman–Crippen MR) is 148 cm³/mol. The maximum Gasteiger partial charge on any atom is 0.260 e. The molecule has 0 N–H and O–H groups in total. The SMILES string of the molecule is CCOc1cc(C(=O)N(CCCN(C)C)c2nc3ccc(OC)cc3s2)cc(OCC)c1OCC.Cl. The molecule has 0 fully saturated rings. The van der Waals surface area contributed by atoms with Crippen molar-refractivity contribution >= 4 is 45.0 Å². The number of amides is 1. The molecule has 10 heteroatoms. The van der Waals surface area contributed by atoms with E-state index in [4.69, 9.17) is 23.9 Å². The number of rotatable bonds is 13. The van der Waals surface area contributed by atoms with Gasteiger partial charge >= 0.3 is 0 Å². The summed E-state index contributed by atoms with van der Waals surface area (Å²) in [5, 5.41) is 0.641. The van der Waals surface area contributed by atoms with E-state index in [1.54, 1.807) is 24.1 Å². The molecule has 3 aromatic rings. The van der Waals surface area contributed by atoms with Crippen LogP contribution in [0.5, 0.6) is 23.0 Å². The summed E-state index contributed by atoms with van der Waals surface area (Å²) in [7, 11) is 5.68. The Morgan fingerprint density at radius 2 is 1.58 bits per heavy atom. The highest BCUT2D eigenvalue weighted by Crippen LogP contribution is 2.40. The molecule has 8 nitrogen and oxygen atoms in total. The van der Waals surface area contributed by atoms with Crippen LogP contribution in [-0.2, 0) is 0 Å². The minimum Gasteiger partial charge on any atom is -0.497 e. The molecule has 0 bridgehead atoms. The van der Waals surface area contributed by atoms with Gasteiger partial charge in [0.05, 0.1) is 37.1 Å². The Kier molecular flexibility index (Phi) is 11.6. The molecule has 0 aliphatic heterocycles. The van der Waals surface area contributed by atoms with Crippen LogP contribution in [0.2, 0.25) is 0 Å². The standard InChI is InChI=1S/C26H35N3O5S.ClH/c1-7-32-21-15-18(16-22(33-8-2)24(21)34-9-3)25(30)29(14-10-13-28(4)5)26-27-20-12-11-19(31-6)17-23(20)35-26;/h11-12,15-17H,7-10,13-14H2,1-6H3;1H. The molecular formula is C26H36ClN3O5S. The normalized spacial score (nSPS) is 10.8. The van der Waals surface area contributed by atoms with Crippen molar-refractivity contribution in [1.29, 1.82) is 0 Å². The maximum absolute atomic E-state index is 13.9. The van der Waals surface area contributed by atoms with E-state index in [2.05, 4.69) is 4.90 Å². The van der Waals surface area contributed by atoms with Crippen LogP contribution in [0.4, 0.5) is 5.13 Å². The minimum atomic E-state index is -0.167. The van der Waals surface area contributed by atoms with E-state index in [0.717, 1.165) is 28.9 Å². The van der Waals surface area contributed by atoms with Crippen LogP contribution in [0, 0.1) is 0 Å².